The molecule has 0 saturated heterocycles. The Labute approximate surface area is 265 Å². The van der Waals surface area contributed by atoms with Crippen molar-refractivity contribution in [2.75, 3.05) is 6.54 Å². The second-order valence-electron chi connectivity index (χ2n) is 17.0. The van der Waals surface area contributed by atoms with Crippen LogP contribution in [0.5, 0.6) is 0 Å². The van der Waals surface area contributed by atoms with Gasteiger partial charge in [-0.1, -0.05) is 58.9 Å². The monoisotopic (exact) mass is 601 g/mol. The van der Waals surface area contributed by atoms with Gasteiger partial charge in [-0.3, -0.25) is 9.59 Å². The number of ketones is 1. The smallest absolute Gasteiger partial charge is 0.335 e. The van der Waals surface area contributed by atoms with Crippen molar-refractivity contribution in [1.82, 2.24) is 5.32 Å². The number of hydrogen-bond donors (Lipinski definition) is 2. The van der Waals surface area contributed by atoms with Crippen molar-refractivity contribution < 1.29 is 19.5 Å². The molecule has 5 saturated carbocycles. The highest BCUT2D eigenvalue weighted by atomic mass is 16.4. The summed E-state index contributed by atoms with van der Waals surface area (Å²) < 4.78 is 0. The Balaban J connectivity index is 1.27. The van der Waals surface area contributed by atoms with Crippen molar-refractivity contribution in [3.8, 4) is 0 Å². The summed E-state index contributed by atoms with van der Waals surface area (Å²) in [5.74, 6) is 1.96. The summed E-state index contributed by atoms with van der Waals surface area (Å²) >= 11 is 0. The average Bonchev–Trinajstić information content (AvgIpc) is 3.37. The molecule has 1 aromatic carbocycles. The van der Waals surface area contributed by atoms with Gasteiger partial charge in [-0.05, 0) is 135 Å². The van der Waals surface area contributed by atoms with Crippen molar-refractivity contribution in [3.63, 3.8) is 0 Å². The lowest BCUT2D eigenvalue weighted by molar-refractivity contribution is -0.233. The van der Waals surface area contributed by atoms with Crippen molar-refractivity contribution in [1.29, 1.82) is 0 Å². The molecule has 0 bridgehead atoms. The molecule has 0 aliphatic heterocycles. The third kappa shape index (κ3) is 4.33. The Morgan fingerprint density at radius 1 is 0.932 bits per heavy atom. The summed E-state index contributed by atoms with van der Waals surface area (Å²) in [6, 6.07) is 7.05. The molecule has 6 rings (SSSR count). The van der Waals surface area contributed by atoms with Crippen LogP contribution in [0.25, 0.3) is 0 Å². The van der Waals surface area contributed by atoms with E-state index in [1.165, 1.54) is 24.8 Å². The molecule has 5 heteroatoms. The molecule has 240 valence electrons. The molecule has 5 fully saturated rings. The number of nitrogens with one attached hydrogen (secondary N) is 1. The van der Waals surface area contributed by atoms with Crippen LogP contribution in [0.4, 0.5) is 0 Å². The Morgan fingerprint density at radius 2 is 1.68 bits per heavy atom. The number of amides is 1. The Bertz CT molecular complexity index is 1380. The molecule has 44 heavy (non-hydrogen) atoms. The SMILES string of the molecule is C=C(C)[C@@H]1CC[C@]2(C(=O)NCCc3cccc(C(=O)O)c3)CC[C@]3(C)C(CCC4[C@@]5(C)CCC(=O)C(C)(C)C5CC[C@]43C)C12. The van der Waals surface area contributed by atoms with E-state index >= 15 is 0 Å². The third-order valence-corrected chi connectivity index (χ3v) is 15.1. The van der Waals surface area contributed by atoms with E-state index in [1.807, 2.05) is 6.07 Å². The highest BCUT2D eigenvalue weighted by Gasteiger charge is 2.71. The lowest BCUT2D eigenvalue weighted by Gasteiger charge is -2.72. The summed E-state index contributed by atoms with van der Waals surface area (Å²) in [5, 5.41) is 12.7. The molecule has 0 spiro atoms. The van der Waals surface area contributed by atoms with E-state index in [2.05, 4.69) is 53.4 Å². The second-order valence-corrected chi connectivity index (χ2v) is 17.0. The Hall–Kier alpha value is -2.43. The van der Waals surface area contributed by atoms with Gasteiger partial charge in [-0.15, -0.1) is 0 Å². The van der Waals surface area contributed by atoms with E-state index in [-0.39, 0.29) is 38.5 Å². The van der Waals surface area contributed by atoms with Crippen LogP contribution >= 0.6 is 0 Å². The highest BCUT2D eigenvalue weighted by Crippen LogP contribution is 2.77. The number of carbonyl (C=O) groups is 3. The normalized spacial score (nSPS) is 42.3. The number of carboxylic acids is 1. The fourth-order valence-electron chi connectivity index (χ4n) is 12.7. The van der Waals surface area contributed by atoms with E-state index in [0.717, 1.165) is 50.5 Å². The van der Waals surface area contributed by atoms with Gasteiger partial charge in [-0.2, -0.15) is 0 Å². The Kier molecular flexibility index (Phi) is 7.57. The van der Waals surface area contributed by atoms with Crippen LogP contribution in [-0.4, -0.2) is 29.3 Å². The van der Waals surface area contributed by atoms with E-state index in [9.17, 15) is 19.5 Å². The fraction of sp³-hybridized carbons (Fsp3) is 0.718. The maximum atomic E-state index is 14.4. The van der Waals surface area contributed by atoms with Gasteiger partial charge in [0.1, 0.15) is 5.78 Å². The van der Waals surface area contributed by atoms with E-state index in [4.69, 9.17) is 0 Å². The van der Waals surface area contributed by atoms with Gasteiger partial charge >= 0.3 is 5.97 Å². The molecule has 5 aliphatic carbocycles. The number of hydrogen-bond acceptors (Lipinski definition) is 3. The first-order valence-corrected chi connectivity index (χ1v) is 17.4. The minimum atomic E-state index is -0.925. The van der Waals surface area contributed by atoms with Crippen molar-refractivity contribution in [2.24, 2.45) is 56.7 Å². The van der Waals surface area contributed by atoms with Gasteiger partial charge in [0.2, 0.25) is 5.91 Å². The first kappa shape index (κ1) is 31.5. The number of aromatic carboxylic acids is 1. The topological polar surface area (TPSA) is 83.5 Å². The van der Waals surface area contributed by atoms with Crippen LogP contribution in [0.2, 0.25) is 0 Å². The van der Waals surface area contributed by atoms with Crippen molar-refractivity contribution in [2.45, 2.75) is 112 Å². The second kappa shape index (κ2) is 10.6. The summed E-state index contributed by atoms with van der Waals surface area (Å²) in [6.45, 7) is 19.4. The summed E-state index contributed by atoms with van der Waals surface area (Å²) in [6.07, 6.45) is 11.0. The zero-order chi connectivity index (χ0) is 31.9. The van der Waals surface area contributed by atoms with Crippen LogP contribution in [0.15, 0.2) is 36.4 Å². The molecule has 0 radical (unpaired) electrons. The molecule has 1 aromatic rings. The molecule has 1 amide bonds. The van der Waals surface area contributed by atoms with E-state index in [0.29, 0.717) is 48.3 Å². The van der Waals surface area contributed by atoms with Crippen LogP contribution in [0.3, 0.4) is 0 Å². The average molecular weight is 602 g/mol. The van der Waals surface area contributed by atoms with Crippen molar-refractivity contribution >= 4 is 17.7 Å². The third-order valence-electron chi connectivity index (χ3n) is 15.1. The van der Waals surface area contributed by atoms with Crippen LogP contribution in [-0.2, 0) is 16.0 Å². The number of carboxylic acid groups (broad SMARTS) is 1. The first-order chi connectivity index (χ1) is 20.6. The van der Waals surface area contributed by atoms with Gasteiger partial charge in [0, 0.05) is 18.4 Å². The van der Waals surface area contributed by atoms with Crippen LogP contribution in [0, 0.1) is 56.7 Å². The summed E-state index contributed by atoms with van der Waals surface area (Å²) in [5.41, 5.74) is 2.38. The molecule has 5 nitrogen and oxygen atoms in total. The number of Topliss-reactive ketones (excluding diaryl/α,β-unsaturated/α-hetero) is 1. The minimum absolute atomic E-state index is 0.152. The molecule has 5 aliphatic rings. The van der Waals surface area contributed by atoms with Gasteiger partial charge in [0.05, 0.1) is 11.0 Å². The number of benzene rings is 1. The summed E-state index contributed by atoms with van der Waals surface area (Å²) in [7, 11) is 0. The van der Waals surface area contributed by atoms with Gasteiger partial charge < -0.3 is 10.4 Å². The highest BCUT2D eigenvalue weighted by molar-refractivity contribution is 5.88. The lowest BCUT2D eigenvalue weighted by Crippen LogP contribution is -2.67. The zero-order valence-electron chi connectivity index (χ0n) is 28.1. The van der Waals surface area contributed by atoms with Crippen LogP contribution < -0.4 is 5.32 Å². The summed E-state index contributed by atoms with van der Waals surface area (Å²) in [4.78, 5) is 38.9. The fourth-order valence-corrected chi connectivity index (χ4v) is 12.7. The van der Waals surface area contributed by atoms with Crippen LogP contribution in [0.1, 0.15) is 122 Å². The van der Waals surface area contributed by atoms with Gasteiger partial charge in [-0.25, -0.2) is 4.79 Å². The number of rotatable bonds is 6. The molecule has 0 heterocycles. The number of carbonyl (C=O) groups excluding carboxylic acids is 2. The maximum Gasteiger partial charge on any atom is 0.335 e. The van der Waals surface area contributed by atoms with Gasteiger partial charge in [0.25, 0.3) is 0 Å². The quantitative estimate of drug-likeness (QED) is 0.322. The molecular weight excluding hydrogens is 546 g/mol. The largest absolute Gasteiger partial charge is 0.478 e. The Morgan fingerprint density at radius 3 is 2.39 bits per heavy atom. The first-order valence-electron chi connectivity index (χ1n) is 17.4. The maximum absolute atomic E-state index is 14.4. The number of allylic oxidation sites excluding steroid dienone is 1. The molecule has 0 aromatic heterocycles. The van der Waals surface area contributed by atoms with E-state index in [1.54, 1.807) is 18.2 Å². The lowest BCUT2D eigenvalue weighted by atomic mass is 9.32. The molecule has 9 atom stereocenters. The minimum Gasteiger partial charge on any atom is -0.478 e. The predicted molar refractivity (Wildman–Crippen MR) is 174 cm³/mol. The molecule has 2 N–H and O–H groups in total. The molecular formula is C39H55NO4. The number of fused-ring (bicyclic) bond motifs is 7. The predicted octanol–water partition coefficient (Wildman–Crippen LogP) is 8.27. The molecule has 4 unspecified atom stereocenters. The van der Waals surface area contributed by atoms with Gasteiger partial charge in [0.15, 0.2) is 0 Å². The standard InChI is InChI=1S/C39H55NO4/c1-24(2)27-13-19-39(34(44)40-22-16-25-9-8-10-26(23-25)33(42)43)21-20-37(6)28(32(27)39)11-12-30-36(5)17-15-31(41)35(3,4)29(36)14-18-38(30,37)7/h8-10,23,27-30,32H,1,11-22H2,2-7H3,(H,40,44)(H,42,43)/t27-,28?,29?,30?,32?,36-,37+,38+,39-/m0/s1. The zero-order valence-corrected chi connectivity index (χ0v) is 28.1. The van der Waals surface area contributed by atoms with Crippen molar-refractivity contribution in [3.05, 3.63) is 47.5 Å². The van der Waals surface area contributed by atoms with E-state index < -0.39 is 5.97 Å².